The summed E-state index contributed by atoms with van der Waals surface area (Å²) in [6, 6.07) is 14.6. The van der Waals surface area contributed by atoms with Crippen LogP contribution in [0.2, 0.25) is 0 Å². The van der Waals surface area contributed by atoms with Crippen LogP contribution in [-0.2, 0) is 9.53 Å². The summed E-state index contributed by atoms with van der Waals surface area (Å²) in [5.74, 6) is -0.669. The van der Waals surface area contributed by atoms with E-state index in [2.05, 4.69) is 5.32 Å². The number of hydrogen-bond acceptors (Lipinski definition) is 8. The molecule has 3 aromatic rings. The average molecular weight is 506 g/mol. The lowest BCUT2D eigenvalue weighted by molar-refractivity contribution is -0.384. The molecule has 1 N–H and O–H groups in total. The SMILES string of the molecule is CCOC(=O)c1c(NC(=O)C(C#N)=Cc2ccc(OCC)cc2)sc(C)c1-c1ccc([N+](=O)[O-])cc1. The molecule has 1 aromatic heterocycles. The lowest BCUT2D eigenvalue weighted by Gasteiger charge is -2.09. The number of amides is 1. The molecule has 0 bridgehead atoms. The second kappa shape index (κ2) is 11.8. The van der Waals surface area contributed by atoms with E-state index in [9.17, 15) is 25.0 Å². The molecule has 0 saturated carbocycles. The van der Waals surface area contributed by atoms with Crippen molar-refractivity contribution in [1.29, 1.82) is 5.26 Å². The topological polar surface area (TPSA) is 132 Å². The Morgan fingerprint density at radius 1 is 1.11 bits per heavy atom. The van der Waals surface area contributed by atoms with Gasteiger partial charge in [0.2, 0.25) is 0 Å². The fraction of sp³-hybridized carbons (Fsp3) is 0.192. The van der Waals surface area contributed by atoms with Crippen molar-refractivity contribution in [3.8, 4) is 22.9 Å². The standard InChI is InChI=1S/C26H23N3O6S/c1-4-34-21-12-6-17(7-13-21)14-19(15-27)24(30)28-25-23(26(31)35-5-2)22(16(3)36-25)18-8-10-20(11-9-18)29(32)33/h6-14H,4-5H2,1-3H3,(H,28,30). The average Bonchev–Trinajstić information content (AvgIpc) is 3.19. The van der Waals surface area contributed by atoms with E-state index in [1.807, 2.05) is 13.0 Å². The lowest BCUT2D eigenvalue weighted by atomic mass is 10.0. The van der Waals surface area contributed by atoms with Gasteiger partial charge in [0.15, 0.2) is 0 Å². The first-order valence-corrected chi connectivity index (χ1v) is 11.8. The van der Waals surface area contributed by atoms with Gasteiger partial charge in [-0.3, -0.25) is 14.9 Å². The van der Waals surface area contributed by atoms with E-state index in [-0.39, 0.29) is 28.4 Å². The van der Waals surface area contributed by atoms with Crippen LogP contribution in [0.4, 0.5) is 10.7 Å². The largest absolute Gasteiger partial charge is 0.494 e. The van der Waals surface area contributed by atoms with Gasteiger partial charge in [0, 0.05) is 22.6 Å². The zero-order chi connectivity index (χ0) is 26.2. The maximum absolute atomic E-state index is 13.0. The molecule has 184 valence electrons. The van der Waals surface area contributed by atoms with Gasteiger partial charge >= 0.3 is 5.97 Å². The molecule has 0 aliphatic heterocycles. The highest BCUT2D eigenvalue weighted by Crippen LogP contribution is 2.41. The van der Waals surface area contributed by atoms with E-state index in [1.165, 1.54) is 30.3 Å². The number of nitro groups is 1. The number of hydrogen-bond donors (Lipinski definition) is 1. The minimum atomic E-state index is -0.687. The van der Waals surface area contributed by atoms with Crippen molar-refractivity contribution in [2.45, 2.75) is 20.8 Å². The number of esters is 1. The van der Waals surface area contributed by atoms with Crippen LogP contribution in [0.1, 0.15) is 34.6 Å². The highest BCUT2D eigenvalue weighted by Gasteiger charge is 2.26. The Bertz CT molecular complexity index is 1350. The molecule has 0 fully saturated rings. The Morgan fingerprint density at radius 3 is 2.33 bits per heavy atom. The summed E-state index contributed by atoms with van der Waals surface area (Å²) < 4.78 is 10.6. The first kappa shape index (κ1) is 26.1. The van der Waals surface area contributed by atoms with Crippen molar-refractivity contribution >= 4 is 40.0 Å². The predicted octanol–water partition coefficient (Wildman–Crippen LogP) is 5.75. The van der Waals surface area contributed by atoms with E-state index in [1.54, 1.807) is 38.1 Å². The number of nitro benzene ring substituents is 1. The summed E-state index contributed by atoms with van der Waals surface area (Å²) in [7, 11) is 0. The number of carbonyl (C=O) groups excluding carboxylic acids is 2. The molecule has 10 heteroatoms. The zero-order valence-electron chi connectivity index (χ0n) is 19.9. The highest BCUT2D eigenvalue weighted by molar-refractivity contribution is 7.17. The van der Waals surface area contributed by atoms with Gasteiger partial charge in [-0.05, 0) is 62.2 Å². The molecule has 1 amide bonds. The Labute approximate surface area is 211 Å². The van der Waals surface area contributed by atoms with E-state index in [4.69, 9.17) is 9.47 Å². The second-order valence-electron chi connectivity index (χ2n) is 7.39. The molecule has 0 unspecified atom stereocenters. The van der Waals surface area contributed by atoms with Crippen LogP contribution in [0.5, 0.6) is 5.75 Å². The molecule has 36 heavy (non-hydrogen) atoms. The van der Waals surface area contributed by atoms with Crippen molar-refractivity contribution in [3.63, 3.8) is 0 Å². The van der Waals surface area contributed by atoms with Crippen molar-refractivity contribution in [2.24, 2.45) is 0 Å². The molecule has 9 nitrogen and oxygen atoms in total. The van der Waals surface area contributed by atoms with Gasteiger partial charge in [0.25, 0.3) is 11.6 Å². The highest BCUT2D eigenvalue weighted by atomic mass is 32.1. The molecular formula is C26H23N3O6S. The normalized spacial score (nSPS) is 10.9. The van der Waals surface area contributed by atoms with Crippen LogP contribution < -0.4 is 10.1 Å². The number of carbonyl (C=O) groups is 2. The van der Waals surface area contributed by atoms with Gasteiger partial charge in [-0.15, -0.1) is 11.3 Å². The van der Waals surface area contributed by atoms with Crippen molar-refractivity contribution in [1.82, 2.24) is 0 Å². The van der Waals surface area contributed by atoms with E-state index in [0.717, 1.165) is 11.3 Å². The minimum Gasteiger partial charge on any atom is -0.494 e. The number of benzene rings is 2. The Kier molecular flexibility index (Phi) is 8.54. The first-order valence-electron chi connectivity index (χ1n) is 11.0. The van der Waals surface area contributed by atoms with Gasteiger partial charge in [0.05, 0.1) is 18.1 Å². The predicted molar refractivity (Wildman–Crippen MR) is 137 cm³/mol. The number of aryl methyl sites for hydroxylation is 1. The Morgan fingerprint density at radius 2 is 1.78 bits per heavy atom. The van der Waals surface area contributed by atoms with E-state index < -0.39 is 16.8 Å². The third-order valence-corrected chi connectivity index (χ3v) is 6.05. The van der Waals surface area contributed by atoms with Crippen LogP contribution in [0.25, 0.3) is 17.2 Å². The first-order chi connectivity index (χ1) is 17.3. The van der Waals surface area contributed by atoms with E-state index in [0.29, 0.717) is 33.9 Å². The number of rotatable bonds is 9. The Hall–Kier alpha value is -4.49. The fourth-order valence-electron chi connectivity index (χ4n) is 3.44. The van der Waals surface area contributed by atoms with Gasteiger partial charge in [-0.25, -0.2) is 4.79 Å². The summed E-state index contributed by atoms with van der Waals surface area (Å²) >= 11 is 1.15. The summed E-state index contributed by atoms with van der Waals surface area (Å²) in [6.45, 7) is 5.93. The molecule has 0 radical (unpaired) electrons. The summed E-state index contributed by atoms with van der Waals surface area (Å²) in [5.41, 5.74) is 1.57. The lowest BCUT2D eigenvalue weighted by Crippen LogP contribution is -2.16. The maximum Gasteiger partial charge on any atom is 0.341 e. The van der Waals surface area contributed by atoms with Gasteiger partial charge < -0.3 is 14.8 Å². The molecule has 2 aromatic carbocycles. The van der Waals surface area contributed by atoms with Gasteiger partial charge in [0.1, 0.15) is 28.0 Å². The van der Waals surface area contributed by atoms with Crippen LogP contribution in [-0.4, -0.2) is 30.0 Å². The molecule has 1 heterocycles. The third-order valence-electron chi connectivity index (χ3n) is 5.02. The monoisotopic (exact) mass is 505 g/mol. The second-order valence-corrected chi connectivity index (χ2v) is 8.61. The van der Waals surface area contributed by atoms with Crippen LogP contribution in [0.3, 0.4) is 0 Å². The minimum absolute atomic E-state index is 0.0871. The molecule has 0 spiro atoms. The number of nitrogens with zero attached hydrogens (tertiary/aromatic N) is 2. The summed E-state index contributed by atoms with van der Waals surface area (Å²) in [5, 5.41) is 23.5. The number of nitrogens with one attached hydrogen (secondary N) is 1. The molecule has 0 atom stereocenters. The van der Waals surface area contributed by atoms with Crippen LogP contribution in [0, 0.1) is 28.4 Å². The number of anilines is 1. The third kappa shape index (κ3) is 5.95. The van der Waals surface area contributed by atoms with Crippen LogP contribution >= 0.6 is 11.3 Å². The van der Waals surface area contributed by atoms with Crippen molar-refractivity contribution < 1.29 is 24.0 Å². The fourth-order valence-corrected chi connectivity index (χ4v) is 4.50. The molecular weight excluding hydrogens is 482 g/mol. The Balaban J connectivity index is 1.97. The molecule has 3 rings (SSSR count). The van der Waals surface area contributed by atoms with E-state index >= 15 is 0 Å². The zero-order valence-corrected chi connectivity index (χ0v) is 20.7. The molecule has 0 aliphatic rings. The summed E-state index contributed by atoms with van der Waals surface area (Å²) in [6.07, 6.45) is 1.44. The number of thiophene rings is 1. The molecule has 0 aliphatic carbocycles. The smallest absolute Gasteiger partial charge is 0.341 e. The van der Waals surface area contributed by atoms with Crippen molar-refractivity contribution in [3.05, 3.63) is 80.2 Å². The van der Waals surface area contributed by atoms with Gasteiger partial charge in [-0.2, -0.15) is 5.26 Å². The number of ether oxygens (including phenoxy) is 2. The number of nitriles is 1. The van der Waals surface area contributed by atoms with Crippen molar-refractivity contribution in [2.75, 3.05) is 18.5 Å². The van der Waals surface area contributed by atoms with Crippen LogP contribution in [0.15, 0.2) is 54.1 Å². The molecule has 0 saturated heterocycles. The number of non-ortho nitro benzene ring substituents is 1. The maximum atomic E-state index is 13.0. The van der Waals surface area contributed by atoms with Gasteiger partial charge in [-0.1, -0.05) is 12.1 Å². The quantitative estimate of drug-likeness (QED) is 0.129. The summed E-state index contributed by atoms with van der Waals surface area (Å²) in [4.78, 5) is 37.1.